The molecule has 1 heterocycles. The van der Waals surface area contributed by atoms with Crippen LogP contribution in [0.2, 0.25) is 0 Å². The molecule has 3 aromatic rings. The van der Waals surface area contributed by atoms with Gasteiger partial charge in [0.25, 0.3) is 0 Å². The average molecular weight is 446 g/mol. The van der Waals surface area contributed by atoms with Crippen LogP contribution >= 0.6 is 0 Å². The van der Waals surface area contributed by atoms with Gasteiger partial charge < -0.3 is 24.7 Å². The van der Waals surface area contributed by atoms with Crippen LogP contribution in [0.3, 0.4) is 0 Å². The van der Waals surface area contributed by atoms with Crippen molar-refractivity contribution in [3.63, 3.8) is 0 Å². The number of nitrogens with one attached hydrogen (secondary N) is 2. The van der Waals surface area contributed by atoms with E-state index in [9.17, 15) is 4.79 Å². The highest BCUT2D eigenvalue weighted by molar-refractivity contribution is 5.98. The number of rotatable bonds is 9. The Morgan fingerprint density at radius 2 is 2.00 bits per heavy atom. The Balaban J connectivity index is 1.63. The van der Waals surface area contributed by atoms with E-state index in [1.807, 2.05) is 50.6 Å². The molecular formula is C27H31N3O3. The van der Waals surface area contributed by atoms with Crippen LogP contribution in [-0.2, 0) is 16.6 Å². The molecule has 2 aromatic carbocycles. The summed E-state index contributed by atoms with van der Waals surface area (Å²) in [6.07, 6.45) is 8.37. The summed E-state index contributed by atoms with van der Waals surface area (Å²) in [5.74, 6) is 1.03. The number of carbonyl (C=O) groups is 1. The number of hydrogen-bond donors (Lipinski definition) is 2. The molecule has 0 bridgehead atoms. The van der Waals surface area contributed by atoms with Gasteiger partial charge in [-0.05, 0) is 72.5 Å². The van der Waals surface area contributed by atoms with Crippen LogP contribution in [0.1, 0.15) is 12.8 Å². The largest absolute Gasteiger partial charge is 0.497 e. The maximum atomic E-state index is 12.4. The maximum absolute atomic E-state index is 12.4. The Morgan fingerprint density at radius 3 is 2.70 bits per heavy atom. The summed E-state index contributed by atoms with van der Waals surface area (Å²) in [4.78, 5) is 12.4. The third kappa shape index (κ3) is 5.06. The van der Waals surface area contributed by atoms with Gasteiger partial charge in [0.1, 0.15) is 5.75 Å². The highest BCUT2D eigenvalue weighted by atomic mass is 16.5. The van der Waals surface area contributed by atoms with E-state index in [4.69, 9.17) is 9.47 Å². The molecule has 6 heteroatoms. The topological polar surface area (TPSA) is 64.5 Å². The first kappa shape index (κ1) is 22.5. The third-order valence-corrected chi connectivity index (χ3v) is 6.00. The lowest BCUT2D eigenvalue weighted by Crippen LogP contribution is -2.15. The van der Waals surface area contributed by atoms with Crippen molar-refractivity contribution in [1.29, 1.82) is 0 Å². The number of nitrogens with zero attached hydrogens (tertiary/aromatic N) is 1. The molecule has 172 valence electrons. The number of anilines is 1. The van der Waals surface area contributed by atoms with E-state index < -0.39 is 0 Å². The molecule has 1 fully saturated rings. The molecule has 0 unspecified atom stereocenters. The first-order chi connectivity index (χ1) is 16.0. The molecule has 33 heavy (non-hydrogen) atoms. The number of ether oxygens (including phenoxy) is 2. The standard InChI is InChI=1S/C27H31N3O3/c1-28-15-20(18-8-9-18)12-21(27(31)33-4)16-29-22-10-11-26-24(14-22)25(17-30(26)2)19-6-5-7-23(13-19)32-3/h5-7,10-15,17-18,28-29H,8-9,16H2,1-4H3/b20-15+,21-12+. The Hall–Kier alpha value is -3.67. The minimum Gasteiger partial charge on any atom is -0.497 e. The van der Waals surface area contributed by atoms with Gasteiger partial charge in [-0.25, -0.2) is 4.79 Å². The normalized spacial score (nSPS) is 14.3. The van der Waals surface area contributed by atoms with Crippen molar-refractivity contribution in [2.24, 2.45) is 13.0 Å². The number of methoxy groups -OCH3 is 2. The predicted octanol–water partition coefficient (Wildman–Crippen LogP) is 4.88. The highest BCUT2D eigenvalue weighted by Crippen LogP contribution is 2.37. The SMILES string of the molecule is CN/C=C(\C=C(/CNc1ccc2c(c1)c(-c1cccc(OC)c1)cn2C)C(=O)OC)C1CC1. The molecule has 1 aromatic heterocycles. The predicted molar refractivity (Wildman–Crippen MR) is 133 cm³/mol. The third-order valence-electron chi connectivity index (χ3n) is 6.00. The summed E-state index contributed by atoms with van der Waals surface area (Å²) < 4.78 is 12.6. The van der Waals surface area contributed by atoms with Gasteiger partial charge in [0.2, 0.25) is 0 Å². The highest BCUT2D eigenvalue weighted by Gasteiger charge is 2.26. The zero-order valence-corrected chi connectivity index (χ0v) is 19.6. The zero-order valence-electron chi connectivity index (χ0n) is 19.6. The number of hydrogen-bond acceptors (Lipinski definition) is 5. The van der Waals surface area contributed by atoms with E-state index in [1.165, 1.54) is 7.11 Å². The van der Waals surface area contributed by atoms with Crippen LogP contribution in [0, 0.1) is 5.92 Å². The molecule has 1 aliphatic carbocycles. The molecule has 0 amide bonds. The van der Waals surface area contributed by atoms with Crippen molar-refractivity contribution in [3.05, 3.63) is 72.1 Å². The van der Waals surface area contributed by atoms with E-state index in [2.05, 4.69) is 39.6 Å². The molecule has 0 radical (unpaired) electrons. The first-order valence-corrected chi connectivity index (χ1v) is 11.2. The van der Waals surface area contributed by atoms with E-state index in [-0.39, 0.29) is 5.97 Å². The van der Waals surface area contributed by atoms with Crippen molar-refractivity contribution < 1.29 is 14.3 Å². The number of fused-ring (bicyclic) bond motifs is 1. The fourth-order valence-corrected chi connectivity index (χ4v) is 4.10. The summed E-state index contributed by atoms with van der Waals surface area (Å²) >= 11 is 0. The first-order valence-electron chi connectivity index (χ1n) is 11.2. The molecular weight excluding hydrogens is 414 g/mol. The van der Waals surface area contributed by atoms with Crippen molar-refractivity contribution in [2.75, 3.05) is 33.1 Å². The summed E-state index contributed by atoms with van der Waals surface area (Å²) in [7, 11) is 7.02. The number of aromatic nitrogens is 1. The van der Waals surface area contributed by atoms with Crippen molar-refractivity contribution >= 4 is 22.6 Å². The average Bonchev–Trinajstić information content (AvgIpc) is 3.64. The molecule has 4 rings (SSSR count). The van der Waals surface area contributed by atoms with Gasteiger partial charge in [-0.1, -0.05) is 12.1 Å². The number of esters is 1. The molecule has 0 atom stereocenters. The summed E-state index contributed by atoms with van der Waals surface area (Å²) in [5, 5.41) is 7.64. The second kappa shape index (κ2) is 9.86. The van der Waals surface area contributed by atoms with Crippen LogP contribution in [-0.4, -0.2) is 38.3 Å². The second-order valence-corrected chi connectivity index (χ2v) is 8.34. The number of aryl methyl sites for hydroxylation is 1. The Kier molecular flexibility index (Phi) is 6.73. The molecule has 2 N–H and O–H groups in total. The van der Waals surface area contributed by atoms with Gasteiger partial charge in [-0.3, -0.25) is 0 Å². The van der Waals surface area contributed by atoms with E-state index in [0.29, 0.717) is 18.0 Å². The molecule has 1 aliphatic rings. The van der Waals surface area contributed by atoms with E-state index >= 15 is 0 Å². The van der Waals surface area contributed by atoms with Gasteiger partial charge >= 0.3 is 5.97 Å². The van der Waals surface area contributed by atoms with E-state index in [1.54, 1.807) is 7.11 Å². The van der Waals surface area contributed by atoms with Gasteiger partial charge in [0.15, 0.2) is 0 Å². The molecule has 1 saturated carbocycles. The van der Waals surface area contributed by atoms with Crippen molar-refractivity contribution in [2.45, 2.75) is 12.8 Å². The molecule has 0 spiro atoms. The lowest BCUT2D eigenvalue weighted by molar-refractivity contribution is -0.136. The van der Waals surface area contributed by atoms with Crippen LogP contribution in [0.5, 0.6) is 5.75 Å². The fourth-order valence-electron chi connectivity index (χ4n) is 4.10. The van der Waals surface area contributed by atoms with Crippen LogP contribution < -0.4 is 15.4 Å². The van der Waals surface area contributed by atoms with Gasteiger partial charge in [-0.15, -0.1) is 0 Å². The quantitative estimate of drug-likeness (QED) is 0.279. The fraction of sp³-hybridized carbons (Fsp3) is 0.296. The van der Waals surface area contributed by atoms with E-state index in [0.717, 1.165) is 51.9 Å². The van der Waals surface area contributed by atoms with Gasteiger partial charge in [0, 0.05) is 49.0 Å². The lowest BCUT2D eigenvalue weighted by Gasteiger charge is -2.11. The summed E-state index contributed by atoms with van der Waals surface area (Å²) in [5.41, 5.74) is 6.05. The molecule has 0 aliphatic heterocycles. The Morgan fingerprint density at radius 1 is 1.18 bits per heavy atom. The maximum Gasteiger partial charge on any atom is 0.335 e. The minimum atomic E-state index is -0.317. The summed E-state index contributed by atoms with van der Waals surface area (Å²) in [6.45, 7) is 0.382. The summed E-state index contributed by atoms with van der Waals surface area (Å²) in [6, 6.07) is 14.3. The minimum absolute atomic E-state index is 0.317. The van der Waals surface area contributed by atoms with Crippen LogP contribution in [0.4, 0.5) is 5.69 Å². The lowest BCUT2D eigenvalue weighted by atomic mass is 10.0. The molecule has 6 nitrogen and oxygen atoms in total. The second-order valence-electron chi connectivity index (χ2n) is 8.34. The van der Waals surface area contributed by atoms with Crippen molar-refractivity contribution in [1.82, 2.24) is 9.88 Å². The Labute approximate surface area is 194 Å². The number of allylic oxidation sites excluding steroid dienone is 2. The monoisotopic (exact) mass is 445 g/mol. The Bertz CT molecular complexity index is 1220. The van der Waals surface area contributed by atoms with Crippen LogP contribution in [0.15, 0.2) is 72.1 Å². The van der Waals surface area contributed by atoms with Crippen LogP contribution in [0.25, 0.3) is 22.0 Å². The number of carbonyl (C=O) groups excluding carboxylic acids is 1. The van der Waals surface area contributed by atoms with Crippen molar-refractivity contribution in [3.8, 4) is 16.9 Å². The number of benzene rings is 2. The van der Waals surface area contributed by atoms with Gasteiger partial charge in [-0.2, -0.15) is 0 Å². The van der Waals surface area contributed by atoms with Gasteiger partial charge in [0.05, 0.1) is 19.8 Å². The molecule has 0 saturated heterocycles. The zero-order chi connectivity index (χ0) is 23.4. The smallest absolute Gasteiger partial charge is 0.335 e.